The second kappa shape index (κ2) is 5.62. The predicted molar refractivity (Wildman–Crippen MR) is 85.6 cm³/mol. The zero-order chi connectivity index (χ0) is 14.1. The molecule has 0 saturated carbocycles. The Morgan fingerprint density at radius 2 is 2.19 bits per heavy atom. The van der Waals surface area contributed by atoms with Crippen molar-refractivity contribution in [3.63, 3.8) is 0 Å². The molecule has 0 bridgehead atoms. The topological polar surface area (TPSA) is 24.5 Å². The molecule has 3 nitrogen and oxygen atoms in total. The Morgan fingerprint density at radius 3 is 3.10 bits per heavy atom. The lowest BCUT2D eigenvalue weighted by molar-refractivity contribution is -0.0505. The van der Waals surface area contributed by atoms with Gasteiger partial charge in [-0.05, 0) is 49.8 Å². The van der Waals surface area contributed by atoms with E-state index in [2.05, 4.69) is 28.4 Å². The van der Waals surface area contributed by atoms with E-state index in [1.165, 1.54) is 62.0 Å². The Balaban J connectivity index is 1.48. The fourth-order valence-corrected chi connectivity index (χ4v) is 4.46. The summed E-state index contributed by atoms with van der Waals surface area (Å²) in [6, 6.07) is 6.80. The van der Waals surface area contributed by atoms with Gasteiger partial charge in [0.25, 0.3) is 0 Å². The summed E-state index contributed by atoms with van der Waals surface area (Å²) in [7, 11) is 0. The molecule has 3 aliphatic heterocycles. The van der Waals surface area contributed by atoms with Crippen LogP contribution in [0.15, 0.2) is 18.2 Å². The van der Waals surface area contributed by atoms with Crippen LogP contribution in [0.4, 0.5) is 5.69 Å². The van der Waals surface area contributed by atoms with Crippen LogP contribution >= 0.6 is 0 Å². The van der Waals surface area contributed by atoms with Crippen molar-refractivity contribution < 1.29 is 4.74 Å². The number of hydrogen-bond donors (Lipinski definition) is 1. The summed E-state index contributed by atoms with van der Waals surface area (Å²) in [5.74, 6) is 0. The number of benzene rings is 1. The zero-order valence-electron chi connectivity index (χ0n) is 12.9. The first kappa shape index (κ1) is 13.6. The van der Waals surface area contributed by atoms with Gasteiger partial charge in [-0.15, -0.1) is 0 Å². The lowest BCUT2D eigenvalue weighted by Gasteiger charge is -2.45. The van der Waals surface area contributed by atoms with Crippen LogP contribution < -0.4 is 5.32 Å². The van der Waals surface area contributed by atoms with Crippen LogP contribution in [0.25, 0.3) is 0 Å². The summed E-state index contributed by atoms with van der Waals surface area (Å²) >= 11 is 0. The first-order chi connectivity index (χ1) is 10.3. The van der Waals surface area contributed by atoms with Crippen molar-refractivity contribution in [2.45, 2.75) is 38.6 Å². The molecule has 114 valence electrons. The lowest BCUT2D eigenvalue weighted by Crippen LogP contribution is -2.47. The fourth-order valence-electron chi connectivity index (χ4n) is 4.46. The molecule has 3 heterocycles. The van der Waals surface area contributed by atoms with Gasteiger partial charge in [-0.25, -0.2) is 0 Å². The predicted octanol–water partition coefficient (Wildman–Crippen LogP) is 3.05. The number of likely N-dealkylation sites (tertiary alicyclic amines) is 1. The molecular formula is C18H26N2O. The molecule has 1 spiro atoms. The molecule has 2 fully saturated rings. The Kier molecular flexibility index (Phi) is 3.64. The van der Waals surface area contributed by atoms with Crippen molar-refractivity contribution in [1.29, 1.82) is 0 Å². The average Bonchev–Trinajstić information content (AvgIpc) is 2.98. The molecule has 3 heteroatoms. The van der Waals surface area contributed by atoms with E-state index in [1.807, 2.05) is 0 Å². The van der Waals surface area contributed by atoms with Crippen LogP contribution in [0, 0.1) is 5.41 Å². The molecule has 3 aliphatic rings. The van der Waals surface area contributed by atoms with Gasteiger partial charge in [0, 0.05) is 37.3 Å². The maximum atomic E-state index is 5.80. The minimum atomic E-state index is 0.446. The molecule has 1 atom stereocenters. The Morgan fingerprint density at radius 1 is 1.24 bits per heavy atom. The molecule has 0 aliphatic carbocycles. The van der Waals surface area contributed by atoms with Crippen LogP contribution in [-0.2, 0) is 17.7 Å². The van der Waals surface area contributed by atoms with Crippen molar-refractivity contribution in [3.05, 3.63) is 29.3 Å². The van der Waals surface area contributed by atoms with Crippen LogP contribution in [-0.4, -0.2) is 37.7 Å². The average molecular weight is 286 g/mol. The van der Waals surface area contributed by atoms with Gasteiger partial charge < -0.3 is 10.1 Å². The molecule has 0 amide bonds. The number of hydrogen-bond acceptors (Lipinski definition) is 3. The third-order valence-corrected chi connectivity index (χ3v) is 5.47. The molecule has 21 heavy (non-hydrogen) atoms. The summed E-state index contributed by atoms with van der Waals surface area (Å²) in [6.07, 6.45) is 6.46. The molecular weight excluding hydrogens is 260 g/mol. The Hall–Kier alpha value is -1.06. The molecule has 4 rings (SSSR count). The Labute approximate surface area is 127 Å². The second-order valence-corrected chi connectivity index (χ2v) is 7.10. The second-order valence-electron chi connectivity index (χ2n) is 7.10. The van der Waals surface area contributed by atoms with E-state index in [1.54, 1.807) is 0 Å². The SMILES string of the molecule is c1cc2c(c(CN3CCCC4(CCCOC4)C3)c1)NCC2. The summed E-state index contributed by atoms with van der Waals surface area (Å²) in [6.45, 7) is 6.61. The van der Waals surface area contributed by atoms with E-state index < -0.39 is 0 Å². The number of nitrogens with zero attached hydrogens (tertiary/aromatic N) is 1. The first-order valence-corrected chi connectivity index (χ1v) is 8.49. The van der Waals surface area contributed by atoms with Crippen LogP contribution in [0.3, 0.4) is 0 Å². The summed E-state index contributed by atoms with van der Waals surface area (Å²) < 4.78 is 5.80. The largest absolute Gasteiger partial charge is 0.384 e. The molecule has 2 saturated heterocycles. The summed E-state index contributed by atoms with van der Waals surface area (Å²) in [5.41, 5.74) is 4.85. The fraction of sp³-hybridized carbons (Fsp3) is 0.667. The van der Waals surface area contributed by atoms with Crippen LogP contribution in [0.1, 0.15) is 36.8 Å². The van der Waals surface area contributed by atoms with Crippen molar-refractivity contribution in [2.24, 2.45) is 5.41 Å². The maximum absolute atomic E-state index is 5.80. The highest BCUT2D eigenvalue weighted by Crippen LogP contribution is 2.38. The zero-order valence-corrected chi connectivity index (χ0v) is 12.9. The van der Waals surface area contributed by atoms with E-state index >= 15 is 0 Å². The quantitative estimate of drug-likeness (QED) is 0.904. The molecule has 1 aromatic rings. The molecule has 1 unspecified atom stereocenters. The monoisotopic (exact) mass is 286 g/mol. The molecule has 1 aromatic carbocycles. The van der Waals surface area contributed by atoms with Crippen molar-refractivity contribution in [1.82, 2.24) is 4.90 Å². The molecule has 0 aromatic heterocycles. The number of nitrogens with one attached hydrogen (secondary N) is 1. The van der Waals surface area contributed by atoms with Gasteiger partial charge in [0.05, 0.1) is 6.61 Å². The van der Waals surface area contributed by atoms with Crippen LogP contribution in [0.2, 0.25) is 0 Å². The van der Waals surface area contributed by atoms with Gasteiger partial charge in [-0.1, -0.05) is 18.2 Å². The van der Waals surface area contributed by atoms with E-state index in [0.29, 0.717) is 5.41 Å². The highest BCUT2D eigenvalue weighted by molar-refractivity contribution is 5.61. The Bertz CT molecular complexity index is 502. The van der Waals surface area contributed by atoms with Gasteiger partial charge in [0.1, 0.15) is 0 Å². The van der Waals surface area contributed by atoms with Gasteiger partial charge >= 0.3 is 0 Å². The summed E-state index contributed by atoms with van der Waals surface area (Å²) in [5, 5.41) is 3.58. The lowest BCUT2D eigenvalue weighted by atomic mass is 9.76. The van der Waals surface area contributed by atoms with Crippen LogP contribution in [0.5, 0.6) is 0 Å². The first-order valence-electron chi connectivity index (χ1n) is 8.49. The van der Waals surface area contributed by atoms with E-state index in [4.69, 9.17) is 4.74 Å². The number of piperidine rings is 1. The highest BCUT2D eigenvalue weighted by atomic mass is 16.5. The van der Waals surface area contributed by atoms with E-state index in [-0.39, 0.29) is 0 Å². The standard InChI is InChI=1S/C18H26N2O/c1-4-15-6-9-19-17(15)16(5-1)12-20-10-2-7-18(13-20)8-3-11-21-14-18/h1,4-5,19H,2-3,6-14H2. The molecule has 0 radical (unpaired) electrons. The number of fused-ring (bicyclic) bond motifs is 1. The number of rotatable bonds is 2. The maximum Gasteiger partial charge on any atom is 0.0534 e. The van der Waals surface area contributed by atoms with E-state index in [9.17, 15) is 0 Å². The van der Waals surface area contributed by atoms with Crippen molar-refractivity contribution >= 4 is 5.69 Å². The van der Waals surface area contributed by atoms with Gasteiger partial charge in [0.15, 0.2) is 0 Å². The minimum Gasteiger partial charge on any atom is -0.384 e. The number of ether oxygens (including phenoxy) is 1. The highest BCUT2D eigenvalue weighted by Gasteiger charge is 2.37. The third kappa shape index (κ3) is 2.69. The van der Waals surface area contributed by atoms with Gasteiger partial charge in [0.2, 0.25) is 0 Å². The molecule has 1 N–H and O–H groups in total. The normalized spacial score (nSPS) is 29.3. The summed E-state index contributed by atoms with van der Waals surface area (Å²) in [4.78, 5) is 2.66. The number of para-hydroxylation sites is 1. The van der Waals surface area contributed by atoms with Gasteiger partial charge in [-0.3, -0.25) is 4.90 Å². The van der Waals surface area contributed by atoms with Crippen molar-refractivity contribution in [3.8, 4) is 0 Å². The third-order valence-electron chi connectivity index (χ3n) is 5.47. The number of anilines is 1. The smallest absolute Gasteiger partial charge is 0.0534 e. The van der Waals surface area contributed by atoms with E-state index in [0.717, 1.165) is 26.3 Å². The minimum absolute atomic E-state index is 0.446. The van der Waals surface area contributed by atoms with Crippen molar-refractivity contribution in [2.75, 3.05) is 38.2 Å². The van der Waals surface area contributed by atoms with Gasteiger partial charge in [-0.2, -0.15) is 0 Å².